The van der Waals surface area contributed by atoms with Crippen LogP contribution in [-0.4, -0.2) is 23.3 Å². The van der Waals surface area contributed by atoms with Crippen molar-refractivity contribution in [1.29, 1.82) is 0 Å². The van der Waals surface area contributed by atoms with Crippen LogP contribution in [0.4, 0.5) is 0 Å². The molecule has 0 aromatic heterocycles. The Kier molecular flexibility index (Phi) is 9.41. The molecule has 6 nitrogen and oxygen atoms in total. The maximum Gasteiger partial charge on any atom is 1.00 e. The van der Waals surface area contributed by atoms with Gasteiger partial charge < -0.3 is 23.8 Å². The summed E-state index contributed by atoms with van der Waals surface area (Å²) in [4.78, 5) is 31.6. The molecule has 0 radical (unpaired) electrons. The van der Waals surface area contributed by atoms with E-state index in [9.17, 15) is 14.3 Å². The second-order valence-electron chi connectivity index (χ2n) is 4.50. The number of ether oxygens (including phenoxy) is 2. The first-order valence-electron chi connectivity index (χ1n) is 6.36. The van der Waals surface area contributed by atoms with Crippen LogP contribution in [0.25, 0.3) is 0 Å². The molecule has 0 saturated heterocycles. The van der Waals surface area contributed by atoms with Crippen LogP contribution in [0.15, 0.2) is 18.2 Å². The van der Waals surface area contributed by atoms with Gasteiger partial charge >= 0.3 is 24.8 Å². The van der Waals surface area contributed by atoms with Crippen molar-refractivity contribution in [3.63, 3.8) is 0 Å². The molecular formula is C13H17ClLiO6P. The zero-order valence-corrected chi connectivity index (χ0v) is 14.4. The summed E-state index contributed by atoms with van der Waals surface area (Å²) in [5.41, 5.74) is 0.733. The van der Waals surface area contributed by atoms with Crippen molar-refractivity contribution in [2.24, 2.45) is 0 Å². The van der Waals surface area contributed by atoms with E-state index in [1.807, 2.05) is 0 Å². The fourth-order valence-corrected chi connectivity index (χ4v) is 2.69. The van der Waals surface area contributed by atoms with E-state index in [1.54, 1.807) is 32.0 Å². The Morgan fingerprint density at radius 2 is 2.14 bits per heavy atom. The van der Waals surface area contributed by atoms with Crippen LogP contribution in [0.3, 0.4) is 0 Å². The SMILES string of the molecule is CCCC(OC(=O)COc1ccc(Cl)cc1C)P(=O)([O-])O.[Li+]. The van der Waals surface area contributed by atoms with Gasteiger partial charge in [0.2, 0.25) is 0 Å². The van der Waals surface area contributed by atoms with E-state index in [0.29, 0.717) is 17.2 Å². The predicted molar refractivity (Wildman–Crippen MR) is 76.3 cm³/mol. The molecule has 0 aliphatic heterocycles. The van der Waals surface area contributed by atoms with Gasteiger partial charge in [-0.05, 0) is 37.1 Å². The van der Waals surface area contributed by atoms with E-state index < -0.39 is 26.0 Å². The molecule has 118 valence electrons. The number of hydrogen-bond acceptors (Lipinski definition) is 5. The van der Waals surface area contributed by atoms with Gasteiger partial charge in [0.15, 0.2) is 20.0 Å². The largest absolute Gasteiger partial charge is 1.00 e. The number of hydrogen-bond donors (Lipinski definition) is 1. The van der Waals surface area contributed by atoms with Crippen molar-refractivity contribution in [3.8, 4) is 5.75 Å². The molecule has 9 heteroatoms. The summed E-state index contributed by atoms with van der Waals surface area (Å²) in [5, 5.41) is 0.540. The van der Waals surface area contributed by atoms with Crippen molar-refractivity contribution >= 4 is 25.2 Å². The van der Waals surface area contributed by atoms with Crippen molar-refractivity contribution in [2.45, 2.75) is 32.5 Å². The van der Waals surface area contributed by atoms with Gasteiger partial charge in [-0.15, -0.1) is 0 Å². The molecule has 0 aliphatic rings. The van der Waals surface area contributed by atoms with Crippen LogP contribution in [0.5, 0.6) is 5.75 Å². The number of esters is 1. The van der Waals surface area contributed by atoms with Crippen molar-refractivity contribution in [1.82, 2.24) is 0 Å². The predicted octanol–water partition coefficient (Wildman–Crippen LogP) is -0.754. The molecule has 1 N–H and O–H groups in total. The molecule has 1 aromatic rings. The van der Waals surface area contributed by atoms with Crippen LogP contribution in [0.1, 0.15) is 25.3 Å². The minimum Gasteiger partial charge on any atom is -0.776 e. The summed E-state index contributed by atoms with van der Waals surface area (Å²) in [6.45, 7) is 3.01. The monoisotopic (exact) mass is 342 g/mol. The summed E-state index contributed by atoms with van der Waals surface area (Å²) in [6, 6.07) is 4.87. The van der Waals surface area contributed by atoms with Gasteiger partial charge in [0, 0.05) is 5.02 Å². The summed E-state index contributed by atoms with van der Waals surface area (Å²) in [7, 11) is -4.72. The Balaban J connectivity index is 0.00000441. The Morgan fingerprint density at radius 3 is 2.64 bits per heavy atom. The third-order valence-electron chi connectivity index (χ3n) is 2.65. The average molecular weight is 343 g/mol. The molecule has 0 aliphatic carbocycles. The fraction of sp³-hybridized carbons (Fsp3) is 0.462. The maximum atomic E-state index is 11.6. The standard InChI is InChI=1S/C13H18ClO6P.Li/c1-3-4-13(21(16,17)18)20-12(15)8-19-11-6-5-10(14)7-9(11)2;/h5-7,13H,3-4,8H2,1-2H3,(H2,16,17,18);/q;+1/p-1. The third kappa shape index (κ3) is 7.19. The zero-order valence-electron chi connectivity index (χ0n) is 12.7. The smallest absolute Gasteiger partial charge is 0.776 e. The maximum absolute atomic E-state index is 11.6. The fourth-order valence-electron chi connectivity index (χ4n) is 1.63. The summed E-state index contributed by atoms with van der Waals surface area (Å²) in [6.07, 6.45) is 0.477. The van der Waals surface area contributed by atoms with Crippen LogP contribution in [0.2, 0.25) is 5.02 Å². The number of carbonyl (C=O) groups is 1. The quantitative estimate of drug-likeness (QED) is 0.398. The van der Waals surface area contributed by atoms with E-state index in [2.05, 4.69) is 0 Å². The molecule has 0 spiro atoms. The zero-order chi connectivity index (χ0) is 16.0. The van der Waals surface area contributed by atoms with Crippen molar-refractivity contribution in [2.75, 3.05) is 6.61 Å². The number of carbonyl (C=O) groups excluding carboxylic acids is 1. The summed E-state index contributed by atoms with van der Waals surface area (Å²) < 4.78 is 21.0. The molecule has 0 amide bonds. The van der Waals surface area contributed by atoms with Crippen LogP contribution < -0.4 is 28.5 Å². The van der Waals surface area contributed by atoms with Crippen molar-refractivity contribution in [3.05, 3.63) is 28.8 Å². The van der Waals surface area contributed by atoms with Crippen LogP contribution in [0, 0.1) is 6.92 Å². The van der Waals surface area contributed by atoms with Gasteiger partial charge in [-0.25, -0.2) is 4.79 Å². The number of rotatable bonds is 7. The first-order chi connectivity index (χ1) is 9.74. The molecule has 0 fully saturated rings. The van der Waals surface area contributed by atoms with Crippen LogP contribution in [-0.2, 0) is 14.1 Å². The Labute approximate surface area is 146 Å². The van der Waals surface area contributed by atoms with E-state index in [0.717, 1.165) is 5.56 Å². The average Bonchev–Trinajstić information content (AvgIpc) is 2.36. The molecule has 22 heavy (non-hydrogen) atoms. The molecule has 1 aromatic carbocycles. The Hall–Kier alpha value is -0.473. The first-order valence-corrected chi connectivity index (χ1v) is 8.38. The van der Waals surface area contributed by atoms with Crippen LogP contribution >= 0.6 is 19.2 Å². The first kappa shape index (κ1) is 21.5. The molecule has 2 unspecified atom stereocenters. The molecule has 0 saturated carbocycles. The molecule has 0 bridgehead atoms. The molecule has 0 heterocycles. The van der Waals surface area contributed by atoms with Gasteiger partial charge in [-0.1, -0.05) is 24.9 Å². The van der Waals surface area contributed by atoms with Gasteiger partial charge in [-0.2, -0.15) is 0 Å². The van der Waals surface area contributed by atoms with E-state index in [1.165, 1.54) is 0 Å². The van der Waals surface area contributed by atoms with E-state index >= 15 is 0 Å². The second kappa shape index (κ2) is 9.62. The minimum atomic E-state index is -4.72. The van der Waals surface area contributed by atoms with Gasteiger partial charge in [0.1, 0.15) is 5.75 Å². The molecule has 2 atom stereocenters. The molecule has 1 rings (SSSR count). The normalized spacial score (nSPS) is 14.4. The summed E-state index contributed by atoms with van der Waals surface area (Å²) >= 11 is 5.79. The third-order valence-corrected chi connectivity index (χ3v) is 3.98. The molecular weight excluding hydrogens is 326 g/mol. The van der Waals surface area contributed by atoms with E-state index in [4.69, 9.17) is 26.0 Å². The van der Waals surface area contributed by atoms with Gasteiger partial charge in [0.25, 0.3) is 0 Å². The summed E-state index contributed by atoms with van der Waals surface area (Å²) in [5.74, 6) is -1.96. The second-order valence-corrected chi connectivity index (χ2v) is 6.64. The minimum absolute atomic E-state index is 0. The van der Waals surface area contributed by atoms with E-state index in [-0.39, 0.29) is 25.3 Å². The Bertz CT molecular complexity index is 547. The number of aryl methyl sites for hydroxylation is 1. The van der Waals surface area contributed by atoms with Crippen molar-refractivity contribution < 1.29 is 47.5 Å². The van der Waals surface area contributed by atoms with Gasteiger partial charge in [-0.3, -0.25) is 0 Å². The number of halogens is 1. The van der Waals surface area contributed by atoms with Gasteiger partial charge in [0.05, 0.1) is 0 Å². The topological polar surface area (TPSA) is 95.9 Å². The number of benzene rings is 1. The Morgan fingerprint density at radius 1 is 1.50 bits per heavy atom.